The number of nitrogens with zero attached hydrogens (tertiary/aromatic N) is 3. The van der Waals surface area contributed by atoms with Gasteiger partial charge in [0.25, 0.3) is 0 Å². The smallest absolute Gasteiger partial charge is 0.162 e. The standard InChI is InChI=1S/C24H30ClFN4O2/c1-4-9-30(10-5-2)11-6-12-32-23-14-18-21(15-22(23)31-3)27-16-28-24(18)29-17-7-8-20(26)19(25)13-17/h7-8,13-16H,4-6,9-12H2,1-3H3,(H,27,28,29). The van der Waals surface area contributed by atoms with Gasteiger partial charge in [-0.05, 0) is 56.6 Å². The number of benzene rings is 2. The number of ether oxygens (including phenoxy) is 2. The second kappa shape index (κ2) is 11.8. The van der Waals surface area contributed by atoms with E-state index in [0.717, 1.165) is 44.3 Å². The van der Waals surface area contributed by atoms with Gasteiger partial charge in [-0.25, -0.2) is 14.4 Å². The summed E-state index contributed by atoms with van der Waals surface area (Å²) in [6.07, 6.45) is 4.68. The number of hydrogen-bond acceptors (Lipinski definition) is 6. The first-order valence-corrected chi connectivity index (χ1v) is 11.3. The van der Waals surface area contributed by atoms with Crippen molar-refractivity contribution in [3.8, 4) is 11.5 Å². The lowest BCUT2D eigenvalue weighted by Crippen LogP contribution is -2.27. The Morgan fingerprint density at radius 3 is 2.50 bits per heavy atom. The summed E-state index contributed by atoms with van der Waals surface area (Å²) in [5.41, 5.74) is 1.33. The van der Waals surface area contributed by atoms with Crippen LogP contribution < -0.4 is 14.8 Å². The van der Waals surface area contributed by atoms with Gasteiger partial charge in [-0.15, -0.1) is 0 Å². The maximum Gasteiger partial charge on any atom is 0.162 e. The molecule has 0 fully saturated rings. The molecule has 0 saturated heterocycles. The van der Waals surface area contributed by atoms with Crippen LogP contribution in [0, 0.1) is 5.82 Å². The molecular formula is C24H30ClFN4O2. The topological polar surface area (TPSA) is 59.5 Å². The maximum atomic E-state index is 13.5. The first-order valence-electron chi connectivity index (χ1n) is 11.0. The molecule has 8 heteroatoms. The number of nitrogens with one attached hydrogen (secondary N) is 1. The van der Waals surface area contributed by atoms with E-state index in [4.69, 9.17) is 21.1 Å². The van der Waals surface area contributed by atoms with E-state index >= 15 is 0 Å². The van der Waals surface area contributed by atoms with Crippen molar-refractivity contribution in [2.24, 2.45) is 0 Å². The van der Waals surface area contributed by atoms with Crippen LogP contribution in [0.2, 0.25) is 5.02 Å². The molecule has 0 amide bonds. The monoisotopic (exact) mass is 460 g/mol. The number of methoxy groups -OCH3 is 1. The molecule has 0 atom stereocenters. The summed E-state index contributed by atoms with van der Waals surface area (Å²) in [5.74, 6) is 1.35. The lowest BCUT2D eigenvalue weighted by Gasteiger charge is -2.21. The van der Waals surface area contributed by atoms with Crippen LogP contribution in [0.4, 0.5) is 15.9 Å². The molecule has 0 unspecified atom stereocenters. The molecule has 1 aromatic heterocycles. The van der Waals surface area contributed by atoms with Gasteiger partial charge < -0.3 is 19.7 Å². The molecule has 6 nitrogen and oxygen atoms in total. The Morgan fingerprint density at radius 2 is 1.81 bits per heavy atom. The van der Waals surface area contributed by atoms with Crippen molar-refractivity contribution in [2.75, 3.05) is 38.7 Å². The van der Waals surface area contributed by atoms with Gasteiger partial charge in [0.15, 0.2) is 11.5 Å². The van der Waals surface area contributed by atoms with Crippen molar-refractivity contribution in [3.63, 3.8) is 0 Å². The number of aromatic nitrogens is 2. The normalized spacial score (nSPS) is 11.2. The molecule has 0 aliphatic heterocycles. The average molecular weight is 461 g/mol. The Labute approximate surface area is 193 Å². The van der Waals surface area contributed by atoms with E-state index in [2.05, 4.69) is 34.0 Å². The molecule has 0 aliphatic rings. The van der Waals surface area contributed by atoms with Gasteiger partial charge in [-0.1, -0.05) is 25.4 Å². The predicted octanol–water partition coefficient (Wildman–Crippen LogP) is 6.07. The van der Waals surface area contributed by atoms with Crippen LogP contribution in [0.3, 0.4) is 0 Å². The maximum absolute atomic E-state index is 13.5. The van der Waals surface area contributed by atoms with E-state index in [0.29, 0.717) is 35.1 Å². The van der Waals surface area contributed by atoms with Gasteiger partial charge in [-0.2, -0.15) is 0 Å². The number of halogens is 2. The Morgan fingerprint density at radius 1 is 1.03 bits per heavy atom. The Kier molecular flexibility index (Phi) is 8.88. The van der Waals surface area contributed by atoms with E-state index in [1.165, 1.54) is 18.5 Å². The van der Waals surface area contributed by atoms with E-state index in [-0.39, 0.29) is 5.02 Å². The number of hydrogen-bond donors (Lipinski definition) is 1. The van der Waals surface area contributed by atoms with E-state index in [1.54, 1.807) is 13.2 Å². The molecule has 0 aliphatic carbocycles. The summed E-state index contributed by atoms with van der Waals surface area (Å²) in [7, 11) is 1.61. The summed E-state index contributed by atoms with van der Waals surface area (Å²) in [6.45, 7) is 8.19. The Balaban J connectivity index is 1.77. The summed E-state index contributed by atoms with van der Waals surface area (Å²) in [5, 5.41) is 3.99. The van der Waals surface area contributed by atoms with Crippen LogP contribution in [-0.4, -0.2) is 48.2 Å². The fourth-order valence-corrected chi connectivity index (χ4v) is 3.77. The van der Waals surface area contributed by atoms with Gasteiger partial charge in [0.05, 0.1) is 24.3 Å². The summed E-state index contributed by atoms with van der Waals surface area (Å²) in [6, 6.07) is 8.14. The zero-order valence-corrected chi connectivity index (χ0v) is 19.6. The minimum absolute atomic E-state index is 0.0410. The van der Waals surface area contributed by atoms with Crippen molar-refractivity contribution >= 4 is 34.0 Å². The molecule has 0 spiro atoms. The lowest BCUT2D eigenvalue weighted by atomic mass is 10.2. The van der Waals surface area contributed by atoms with E-state index in [1.807, 2.05) is 12.1 Å². The summed E-state index contributed by atoms with van der Waals surface area (Å²) >= 11 is 5.91. The largest absolute Gasteiger partial charge is 0.493 e. The third-order valence-corrected chi connectivity index (χ3v) is 5.35. The number of rotatable bonds is 12. The second-order valence-corrected chi connectivity index (χ2v) is 7.95. The minimum Gasteiger partial charge on any atom is -0.493 e. The lowest BCUT2D eigenvalue weighted by molar-refractivity contribution is 0.230. The Bertz CT molecular complexity index is 1030. The van der Waals surface area contributed by atoms with Crippen molar-refractivity contribution in [3.05, 3.63) is 47.5 Å². The van der Waals surface area contributed by atoms with Crippen LogP contribution >= 0.6 is 11.6 Å². The molecule has 0 bridgehead atoms. The molecule has 3 aromatic rings. The van der Waals surface area contributed by atoms with Crippen LogP contribution in [0.1, 0.15) is 33.1 Å². The van der Waals surface area contributed by atoms with Crippen LogP contribution in [-0.2, 0) is 0 Å². The Hall–Kier alpha value is -2.64. The molecule has 1 N–H and O–H groups in total. The van der Waals surface area contributed by atoms with Crippen molar-refractivity contribution < 1.29 is 13.9 Å². The van der Waals surface area contributed by atoms with Crippen LogP contribution in [0.25, 0.3) is 10.9 Å². The highest BCUT2D eigenvalue weighted by Crippen LogP contribution is 2.35. The molecule has 1 heterocycles. The van der Waals surface area contributed by atoms with Crippen molar-refractivity contribution in [1.29, 1.82) is 0 Å². The quantitative estimate of drug-likeness (QED) is 0.331. The zero-order chi connectivity index (χ0) is 22.9. The molecule has 172 valence electrons. The molecule has 3 rings (SSSR count). The number of anilines is 2. The van der Waals surface area contributed by atoms with E-state index < -0.39 is 5.82 Å². The third-order valence-electron chi connectivity index (χ3n) is 5.06. The second-order valence-electron chi connectivity index (χ2n) is 7.54. The fourth-order valence-electron chi connectivity index (χ4n) is 3.58. The average Bonchev–Trinajstić information content (AvgIpc) is 2.79. The zero-order valence-electron chi connectivity index (χ0n) is 18.8. The molecule has 2 aromatic carbocycles. The first kappa shape index (κ1) is 24.0. The SMILES string of the molecule is CCCN(CCC)CCCOc1cc2c(Nc3ccc(F)c(Cl)c3)ncnc2cc1OC. The first-order chi connectivity index (χ1) is 15.5. The van der Waals surface area contributed by atoms with Crippen molar-refractivity contribution in [2.45, 2.75) is 33.1 Å². The van der Waals surface area contributed by atoms with Gasteiger partial charge in [0.2, 0.25) is 0 Å². The van der Waals surface area contributed by atoms with Crippen molar-refractivity contribution in [1.82, 2.24) is 14.9 Å². The predicted molar refractivity (Wildman–Crippen MR) is 128 cm³/mol. The molecule has 32 heavy (non-hydrogen) atoms. The molecule has 0 saturated carbocycles. The fraction of sp³-hybridized carbons (Fsp3) is 0.417. The van der Waals surface area contributed by atoms with Gasteiger partial charge in [0.1, 0.15) is 18.0 Å². The minimum atomic E-state index is -0.471. The third kappa shape index (κ3) is 6.20. The molecular weight excluding hydrogens is 431 g/mol. The van der Waals surface area contributed by atoms with E-state index in [9.17, 15) is 4.39 Å². The van der Waals surface area contributed by atoms with Crippen LogP contribution in [0.15, 0.2) is 36.7 Å². The highest BCUT2D eigenvalue weighted by Gasteiger charge is 2.13. The summed E-state index contributed by atoms with van der Waals surface area (Å²) in [4.78, 5) is 11.2. The number of fused-ring (bicyclic) bond motifs is 1. The molecule has 0 radical (unpaired) electrons. The highest BCUT2D eigenvalue weighted by molar-refractivity contribution is 6.31. The van der Waals surface area contributed by atoms with Gasteiger partial charge in [0, 0.05) is 23.7 Å². The summed E-state index contributed by atoms with van der Waals surface area (Å²) < 4.78 is 25.1. The highest BCUT2D eigenvalue weighted by atomic mass is 35.5. The van der Waals surface area contributed by atoms with Gasteiger partial charge in [-0.3, -0.25) is 0 Å². The van der Waals surface area contributed by atoms with Gasteiger partial charge >= 0.3 is 0 Å². The van der Waals surface area contributed by atoms with Crippen LogP contribution in [0.5, 0.6) is 11.5 Å².